The first-order valence-electron chi connectivity index (χ1n) is 7.58. The second-order valence-corrected chi connectivity index (χ2v) is 5.89. The summed E-state index contributed by atoms with van der Waals surface area (Å²) >= 11 is 5.82. The highest BCUT2D eigenvalue weighted by Gasteiger charge is 2.27. The highest BCUT2D eigenvalue weighted by atomic mass is 35.5. The van der Waals surface area contributed by atoms with Gasteiger partial charge < -0.3 is 15.7 Å². The average molecular weight is 345 g/mol. The lowest BCUT2D eigenvalue weighted by molar-refractivity contribution is -0.137. The Labute approximate surface area is 140 Å². The van der Waals surface area contributed by atoms with Crippen molar-refractivity contribution in [3.05, 3.63) is 29.0 Å². The molecule has 0 aliphatic carbocycles. The van der Waals surface area contributed by atoms with Crippen LogP contribution in [0.2, 0.25) is 5.02 Å². The van der Waals surface area contributed by atoms with Crippen LogP contribution in [0, 0.1) is 5.82 Å². The largest absolute Gasteiger partial charge is 0.388 e. The van der Waals surface area contributed by atoms with Crippen LogP contribution in [0.4, 0.5) is 10.1 Å². The molecule has 0 radical (unpaired) electrons. The number of anilines is 1. The Balaban J connectivity index is 2.63. The maximum absolute atomic E-state index is 13.1. The van der Waals surface area contributed by atoms with Crippen molar-refractivity contribution in [2.75, 3.05) is 11.9 Å². The lowest BCUT2D eigenvalue weighted by Crippen LogP contribution is -2.46. The Morgan fingerprint density at radius 2 is 1.83 bits per heavy atom. The van der Waals surface area contributed by atoms with Gasteiger partial charge in [0.1, 0.15) is 5.82 Å². The predicted octanol–water partition coefficient (Wildman–Crippen LogP) is 2.87. The third-order valence-corrected chi connectivity index (χ3v) is 3.72. The van der Waals surface area contributed by atoms with Crippen LogP contribution in [0.3, 0.4) is 0 Å². The molecule has 1 rings (SSSR count). The molecule has 2 amide bonds. The Morgan fingerprint density at radius 3 is 2.39 bits per heavy atom. The van der Waals surface area contributed by atoms with Crippen molar-refractivity contribution in [2.45, 2.75) is 45.1 Å². The number of benzene rings is 1. The summed E-state index contributed by atoms with van der Waals surface area (Å²) in [6, 6.07) is 3.46. The molecule has 128 valence electrons. The third-order valence-electron chi connectivity index (χ3n) is 3.39. The summed E-state index contributed by atoms with van der Waals surface area (Å²) in [5.74, 6) is -2.45. The van der Waals surface area contributed by atoms with E-state index in [1.165, 1.54) is 6.07 Å². The van der Waals surface area contributed by atoms with E-state index in [2.05, 4.69) is 10.6 Å². The summed E-state index contributed by atoms with van der Waals surface area (Å²) in [6.45, 7) is 3.85. The zero-order valence-corrected chi connectivity index (χ0v) is 14.0. The van der Waals surface area contributed by atoms with Crippen LogP contribution < -0.4 is 10.6 Å². The van der Waals surface area contributed by atoms with Gasteiger partial charge in [0.05, 0.1) is 16.3 Å². The molecule has 23 heavy (non-hydrogen) atoms. The average Bonchev–Trinajstić information content (AvgIpc) is 2.49. The fourth-order valence-corrected chi connectivity index (χ4v) is 2.49. The first-order chi connectivity index (χ1) is 10.8. The summed E-state index contributed by atoms with van der Waals surface area (Å²) in [4.78, 5) is 23.7. The van der Waals surface area contributed by atoms with E-state index in [1.807, 2.05) is 13.8 Å². The number of nitrogens with one attached hydrogen (secondary N) is 2. The molecule has 0 atom stereocenters. The minimum atomic E-state index is -1.03. The van der Waals surface area contributed by atoms with E-state index < -0.39 is 23.2 Å². The molecular formula is C16H22ClFN2O3. The van der Waals surface area contributed by atoms with Crippen LogP contribution in [-0.2, 0) is 9.59 Å². The molecule has 0 heterocycles. The highest BCUT2D eigenvalue weighted by molar-refractivity contribution is 6.41. The van der Waals surface area contributed by atoms with Crippen LogP contribution in [0.5, 0.6) is 0 Å². The number of aliphatic hydroxyl groups is 1. The number of hydrogen-bond acceptors (Lipinski definition) is 3. The fraction of sp³-hybridized carbons (Fsp3) is 0.500. The van der Waals surface area contributed by atoms with Crippen molar-refractivity contribution in [3.8, 4) is 0 Å². The molecule has 0 saturated carbocycles. The molecule has 0 fully saturated rings. The zero-order chi connectivity index (χ0) is 17.5. The number of rotatable bonds is 7. The van der Waals surface area contributed by atoms with E-state index in [0.717, 1.165) is 25.0 Å². The topological polar surface area (TPSA) is 78.4 Å². The number of halogens is 2. The molecule has 0 saturated heterocycles. The molecule has 0 aliphatic heterocycles. The van der Waals surface area contributed by atoms with Gasteiger partial charge in [-0.05, 0) is 31.0 Å². The van der Waals surface area contributed by atoms with Crippen molar-refractivity contribution < 1.29 is 19.1 Å². The molecule has 0 aliphatic rings. The standard InChI is InChI=1S/C16H22ClFN2O3/c1-3-7-16(23,8-4-2)10-19-14(21)15(22)20-13-9-11(18)5-6-12(13)17/h5-6,9,23H,3-4,7-8,10H2,1-2H3,(H,19,21)(H,20,22). The van der Waals surface area contributed by atoms with E-state index in [0.29, 0.717) is 12.8 Å². The molecule has 0 aromatic heterocycles. The van der Waals surface area contributed by atoms with Gasteiger partial charge in [-0.3, -0.25) is 9.59 Å². The van der Waals surface area contributed by atoms with Crippen LogP contribution in [0.1, 0.15) is 39.5 Å². The van der Waals surface area contributed by atoms with Crippen molar-refractivity contribution in [3.63, 3.8) is 0 Å². The van der Waals surface area contributed by atoms with Gasteiger partial charge in [0, 0.05) is 6.54 Å². The zero-order valence-electron chi connectivity index (χ0n) is 13.3. The smallest absolute Gasteiger partial charge is 0.313 e. The Kier molecular flexibility index (Phi) is 7.45. The minimum Gasteiger partial charge on any atom is -0.388 e. The van der Waals surface area contributed by atoms with Crippen molar-refractivity contribution in [1.82, 2.24) is 5.32 Å². The second-order valence-electron chi connectivity index (χ2n) is 5.49. The van der Waals surface area contributed by atoms with Crippen LogP contribution >= 0.6 is 11.6 Å². The van der Waals surface area contributed by atoms with Gasteiger partial charge in [0.2, 0.25) is 0 Å². The number of amides is 2. The maximum atomic E-state index is 13.1. The van der Waals surface area contributed by atoms with Gasteiger partial charge in [-0.15, -0.1) is 0 Å². The molecule has 0 unspecified atom stereocenters. The minimum absolute atomic E-state index is 0.0161. The summed E-state index contributed by atoms with van der Waals surface area (Å²) in [5, 5.41) is 15.2. The van der Waals surface area contributed by atoms with Crippen molar-refractivity contribution in [1.29, 1.82) is 0 Å². The summed E-state index contributed by atoms with van der Waals surface area (Å²) in [7, 11) is 0. The van der Waals surface area contributed by atoms with Gasteiger partial charge in [0.25, 0.3) is 0 Å². The first-order valence-corrected chi connectivity index (χ1v) is 7.95. The lowest BCUT2D eigenvalue weighted by Gasteiger charge is -2.27. The van der Waals surface area contributed by atoms with E-state index in [9.17, 15) is 19.1 Å². The SMILES string of the molecule is CCCC(O)(CCC)CNC(=O)C(=O)Nc1cc(F)ccc1Cl. The van der Waals surface area contributed by atoms with Gasteiger partial charge in [0.15, 0.2) is 0 Å². The summed E-state index contributed by atoms with van der Waals surface area (Å²) in [6.07, 6.45) is 2.58. The van der Waals surface area contributed by atoms with Gasteiger partial charge >= 0.3 is 11.8 Å². The van der Waals surface area contributed by atoms with E-state index in [1.54, 1.807) is 0 Å². The molecule has 1 aromatic carbocycles. The summed E-state index contributed by atoms with van der Waals surface area (Å²) in [5.41, 5.74) is -1.01. The second kappa shape index (κ2) is 8.84. The molecule has 0 spiro atoms. The molecule has 1 aromatic rings. The fourth-order valence-electron chi connectivity index (χ4n) is 2.33. The molecular weight excluding hydrogens is 323 g/mol. The lowest BCUT2D eigenvalue weighted by atomic mass is 9.92. The van der Waals surface area contributed by atoms with E-state index in [-0.39, 0.29) is 17.3 Å². The molecule has 7 heteroatoms. The van der Waals surface area contributed by atoms with Gasteiger partial charge in [-0.1, -0.05) is 38.3 Å². The van der Waals surface area contributed by atoms with Gasteiger partial charge in [-0.2, -0.15) is 0 Å². The van der Waals surface area contributed by atoms with Crippen molar-refractivity contribution in [2.24, 2.45) is 0 Å². The molecule has 0 bridgehead atoms. The quantitative estimate of drug-likeness (QED) is 0.665. The molecule has 3 N–H and O–H groups in total. The van der Waals surface area contributed by atoms with Crippen LogP contribution in [0.15, 0.2) is 18.2 Å². The Bertz CT molecular complexity index is 560. The predicted molar refractivity (Wildman–Crippen MR) is 87.8 cm³/mol. The van der Waals surface area contributed by atoms with Gasteiger partial charge in [-0.25, -0.2) is 4.39 Å². The van der Waals surface area contributed by atoms with E-state index in [4.69, 9.17) is 11.6 Å². The van der Waals surface area contributed by atoms with Crippen LogP contribution in [0.25, 0.3) is 0 Å². The monoisotopic (exact) mass is 344 g/mol. The normalized spacial score (nSPS) is 11.2. The van der Waals surface area contributed by atoms with Crippen molar-refractivity contribution >= 4 is 29.1 Å². The Morgan fingerprint density at radius 1 is 1.22 bits per heavy atom. The van der Waals surface area contributed by atoms with E-state index >= 15 is 0 Å². The third kappa shape index (κ3) is 6.15. The van der Waals surface area contributed by atoms with Crippen LogP contribution in [-0.4, -0.2) is 29.1 Å². The number of carbonyl (C=O) groups is 2. The highest BCUT2D eigenvalue weighted by Crippen LogP contribution is 2.22. The number of carbonyl (C=O) groups excluding carboxylic acids is 2. The number of hydrogen-bond donors (Lipinski definition) is 3. The summed E-state index contributed by atoms with van der Waals surface area (Å²) < 4.78 is 13.1. The maximum Gasteiger partial charge on any atom is 0.313 e. The Hall–Kier alpha value is -1.66. The first kappa shape index (κ1) is 19.4. The molecule has 5 nitrogen and oxygen atoms in total.